The summed E-state index contributed by atoms with van der Waals surface area (Å²) in [6.45, 7) is 1.99. The number of halogens is 1. The smallest absolute Gasteiger partial charge is 0.245 e. The molecule has 0 heterocycles. The standard InChI is InChI=1S/C22H27N3O2.ClH/c1-15-10-12-16(13-11-15)20(23)22(27)25-19-9-5-8-18(14-19)24-21(26)17-6-3-2-4-7-17;/h5,8-14,17,20H,2-4,6-7,23H2,1H3,(H,24,26)(H,25,27);1H. The normalized spacial score (nSPS) is 15.2. The molecule has 0 aromatic heterocycles. The van der Waals surface area contributed by atoms with Gasteiger partial charge in [-0.25, -0.2) is 0 Å². The number of rotatable bonds is 5. The number of anilines is 2. The molecular weight excluding hydrogens is 374 g/mol. The molecule has 1 fully saturated rings. The van der Waals surface area contributed by atoms with Gasteiger partial charge in [-0.2, -0.15) is 0 Å². The SMILES string of the molecule is Cc1ccc(C(N)C(=O)Nc2cccc(NC(=O)C3CCCCC3)c2)cc1.Cl. The second kappa shape index (κ2) is 10.2. The first kappa shape index (κ1) is 21.9. The van der Waals surface area contributed by atoms with Crippen LogP contribution in [-0.2, 0) is 9.59 Å². The maximum atomic E-state index is 12.5. The lowest BCUT2D eigenvalue weighted by atomic mass is 9.88. The summed E-state index contributed by atoms with van der Waals surface area (Å²) in [6.07, 6.45) is 5.35. The Labute approximate surface area is 172 Å². The first-order chi connectivity index (χ1) is 13.0. The Hall–Kier alpha value is -2.37. The number of hydrogen-bond acceptors (Lipinski definition) is 3. The fourth-order valence-corrected chi connectivity index (χ4v) is 3.43. The largest absolute Gasteiger partial charge is 0.326 e. The third-order valence-electron chi connectivity index (χ3n) is 5.09. The average Bonchev–Trinajstić information content (AvgIpc) is 2.69. The number of amides is 2. The van der Waals surface area contributed by atoms with Gasteiger partial charge in [0.25, 0.3) is 0 Å². The van der Waals surface area contributed by atoms with Gasteiger partial charge >= 0.3 is 0 Å². The monoisotopic (exact) mass is 401 g/mol. The van der Waals surface area contributed by atoms with Crippen LogP contribution in [0.3, 0.4) is 0 Å². The van der Waals surface area contributed by atoms with Crippen molar-refractivity contribution in [2.75, 3.05) is 10.6 Å². The molecule has 2 aromatic rings. The lowest BCUT2D eigenvalue weighted by Crippen LogP contribution is -2.28. The summed E-state index contributed by atoms with van der Waals surface area (Å²) in [6, 6.07) is 14.0. The molecule has 1 aliphatic carbocycles. The second-order valence-corrected chi connectivity index (χ2v) is 7.28. The molecule has 5 nitrogen and oxygen atoms in total. The molecule has 1 saturated carbocycles. The number of carbonyl (C=O) groups is 2. The Morgan fingerprint density at radius 2 is 1.57 bits per heavy atom. The van der Waals surface area contributed by atoms with E-state index >= 15 is 0 Å². The number of hydrogen-bond donors (Lipinski definition) is 3. The van der Waals surface area contributed by atoms with Gasteiger partial charge < -0.3 is 16.4 Å². The van der Waals surface area contributed by atoms with Crippen molar-refractivity contribution < 1.29 is 9.59 Å². The van der Waals surface area contributed by atoms with Crippen LogP contribution in [-0.4, -0.2) is 11.8 Å². The minimum atomic E-state index is -0.744. The Morgan fingerprint density at radius 3 is 2.21 bits per heavy atom. The van der Waals surface area contributed by atoms with Crippen molar-refractivity contribution in [2.24, 2.45) is 11.7 Å². The molecule has 0 bridgehead atoms. The molecule has 3 rings (SSSR count). The van der Waals surface area contributed by atoms with Crippen LogP contribution >= 0.6 is 12.4 Å². The Bertz CT molecular complexity index is 802. The van der Waals surface area contributed by atoms with Crippen molar-refractivity contribution in [1.29, 1.82) is 0 Å². The Morgan fingerprint density at radius 1 is 0.964 bits per heavy atom. The Balaban J connectivity index is 0.00000280. The van der Waals surface area contributed by atoms with E-state index in [0.717, 1.165) is 36.8 Å². The zero-order chi connectivity index (χ0) is 19.2. The van der Waals surface area contributed by atoms with E-state index in [0.29, 0.717) is 11.4 Å². The summed E-state index contributed by atoms with van der Waals surface area (Å²) in [5, 5.41) is 5.80. The van der Waals surface area contributed by atoms with Crippen LogP contribution in [0.1, 0.15) is 49.3 Å². The topological polar surface area (TPSA) is 84.2 Å². The number of aryl methyl sites for hydroxylation is 1. The van der Waals surface area contributed by atoms with E-state index in [-0.39, 0.29) is 30.1 Å². The Kier molecular flexibility index (Phi) is 8.03. The molecule has 6 heteroatoms. The van der Waals surface area contributed by atoms with E-state index in [2.05, 4.69) is 10.6 Å². The average molecular weight is 402 g/mol. The van der Waals surface area contributed by atoms with E-state index in [1.165, 1.54) is 6.42 Å². The third kappa shape index (κ3) is 5.81. The predicted molar refractivity (Wildman–Crippen MR) is 116 cm³/mol. The maximum absolute atomic E-state index is 12.5. The minimum Gasteiger partial charge on any atom is -0.326 e. The summed E-state index contributed by atoms with van der Waals surface area (Å²) in [4.78, 5) is 24.9. The number of nitrogens with two attached hydrogens (primary N) is 1. The summed E-state index contributed by atoms with van der Waals surface area (Å²) in [5.74, 6) is -0.129. The van der Waals surface area contributed by atoms with Gasteiger partial charge in [0.2, 0.25) is 11.8 Å². The molecule has 2 amide bonds. The molecule has 1 atom stereocenters. The van der Waals surface area contributed by atoms with E-state index in [1.54, 1.807) is 12.1 Å². The summed E-state index contributed by atoms with van der Waals surface area (Å²) < 4.78 is 0. The zero-order valence-electron chi connectivity index (χ0n) is 16.1. The number of benzene rings is 2. The fourth-order valence-electron chi connectivity index (χ4n) is 3.43. The van der Waals surface area contributed by atoms with Crippen LogP contribution < -0.4 is 16.4 Å². The predicted octanol–water partition coefficient (Wildman–Crippen LogP) is 4.57. The maximum Gasteiger partial charge on any atom is 0.245 e. The number of nitrogens with one attached hydrogen (secondary N) is 2. The summed E-state index contributed by atoms with van der Waals surface area (Å²) in [5.41, 5.74) is 9.26. The van der Waals surface area contributed by atoms with Gasteiger partial charge in [-0.15, -0.1) is 12.4 Å². The summed E-state index contributed by atoms with van der Waals surface area (Å²) in [7, 11) is 0. The molecule has 0 radical (unpaired) electrons. The first-order valence-corrected chi connectivity index (χ1v) is 9.57. The molecule has 0 saturated heterocycles. The van der Waals surface area contributed by atoms with Gasteiger partial charge in [-0.05, 0) is 43.5 Å². The lowest BCUT2D eigenvalue weighted by Gasteiger charge is -2.21. The zero-order valence-corrected chi connectivity index (χ0v) is 16.9. The second-order valence-electron chi connectivity index (χ2n) is 7.28. The van der Waals surface area contributed by atoms with Crippen molar-refractivity contribution in [1.82, 2.24) is 0 Å². The van der Waals surface area contributed by atoms with Crippen LogP contribution in [0.4, 0.5) is 11.4 Å². The molecule has 1 unspecified atom stereocenters. The molecule has 2 aromatic carbocycles. The van der Waals surface area contributed by atoms with Crippen LogP contribution in [0.25, 0.3) is 0 Å². The van der Waals surface area contributed by atoms with Gasteiger partial charge in [0.1, 0.15) is 6.04 Å². The van der Waals surface area contributed by atoms with Crippen molar-refractivity contribution in [3.63, 3.8) is 0 Å². The highest BCUT2D eigenvalue weighted by Gasteiger charge is 2.21. The lowest BCUT2D eigenvalue weighted by molar-refractivity contribution is -0.120. The first-order valence-electron chi connectivity index (χ1n) is 9.57. The van der Waals surface area contributed by atoms with E-state index < -0.39 is 6.04 Å². The van der Waals surface area contributed by atoms with Gasteiger partial charge in [-0.3, -0.25) is 9.59 Å². The van der Waals surface area contributed by atoms with Crippen molar-refractivity contribution >= 4 is 35.6 Å². The highest BCUT2D eigenvalue weighted by molar-refractivity contribution is 5.97. The van der Waals surface area contributed by atoms with E-state index in [1.807, 2.05) is 43.3 Å². The van der Waals surface area contributed by atoms with E-state index in [9.17, 15) is 9.59 Å². The summed E-state index contributed by atoms with van der Waals surface area (Å²) >= 11 is 0. The van der Waals surface area contributed by atoms with Crippen molar-refractivity contribution in [3.8, 4) is 0 Å². The van der Waals surface area contributed by atoms with Gasteiger partial charge in [0.05, 0.1) is 0 Å². The number of carbonyl (C=O) groups excluding carboxylic acids is 2. The van der Waals surface area contributed by atoms with Crippen LogP contribution in [0.15, 0.2) is 48.5 Å². The van der Waals surface area contributed by atoms with E-state index in [4.69, 9.17) is 5.73 Å². The molecule has 28 heavy (non-hydrogen) atoms. The van der Waals surface area contributed by atoms with Crippen LogP contribution in [0.2, 0.25) is 0 Å². The highest BCUT2D eigenvalue weighted by Crippen LogP contribution is 2.25. The molecule has 150 valence electrons. The molecule has 0 aliphatic heterocycles. The van der Waals surface area contributed by atoms with Gasteiger partial charge in [0.15, 0.2) is 0 Å². The van der Waals surface area contributed by atoms with Gasteiger partial charge in [0, 0.05) is 17.3 Å². The van der Waals surface area contributed by atoms with Crippen molar-refractivity contribution in [3.05, 3.63) is 59.7 Å². The highest BCUT2D eigenvalue weighted by atomic mass is 35.5. The molecule has 1 aliphatic rings. The van der Waals surface area contributed by atoms with Crippen molar-refractivity contribution in [2.45, 2.75) is 45.1 Å². The quantitative estimate of drug-likeness (QED) is 0.685. The fraction of sp³-hybridized carbons (Fsp3) is 0.364. The molecular formula is C22H28ClN3O2. The molecule has 4 N–H and O–H groups in total. The molecule has 0 spiro atoms. The third-order valence-corrected chi connectivity index (χ3v) is 5.09. The minimum absolute atomic E-state index is 0. The van der Waals surface area contributed by atoms with Gasteiger partial charge in [-0.1, -0.05) is 55.2 Å². The van der Waals surface area contributed by atoms with Crippen LogP contribution in [0, 0.1) is 12.8 Å². The van der Waals surface area contributed by atoms with Crippen LogP contribution in [0.5, 0.6) is 0 Å².